The van der Waals surface area contributed by atoms with Crippen LogP contribution in [0.15, 0.2) is 0 Å². The summed E-state index contributed by atoms with van der Waals surface area (Å²) in [6.45, 7) is 6.63. The Bertz CT molecular complexity index is 438. The zero-order valence-electron chi connectivity index (χ0n) is 15.0. The van der Waals surface area contributed by atoms with E-state index in [-0.39, 0.29) is 24.5 Å². The molecule has 0 aromatic rings. The Labute approximate surface area is 140 Å². The fourth-order valence-electron chi connectivity index (χ4n) is 4.38. The lowest BCUT2D eigenvalue weighted by molar-refractivity contribution is -0.144. The molecule has 0 aromatic carbocycles. The molecule has 0 radical (unpaired) electrons. The second-order valence-electron chi connectivity index (χ2n) is 7.86. The highest BCUT2D eigenvalue weighted by atomic mass is 16.4. The van der Waals surface area contributed by atoms with Gasteiger partial charge in [-0.25, -0.2) is 0 Å². The Kier molecular flexibility index (Phi) is 6.06. The molecule has 0 bridgehead atoms. The fourth-order valence-corrected chi connectivity index (χ4v) is 4.38. The summed E-state index contributed by atoms with van der Waals surface area (Å²) in [6.07, 6.45) is 6.17. The van der Waals surface area contributed by atoms with Gasteiger partial charge in [-0.15, -0.1) is 0 Å². The van der Waals surface area contributed by atoms with Gasteiger partial charge >= 0.3 is 5.97 Å². The number of hydrogen-bond acceptors (Lipinski definition) is 3. The highest BCUT2D eigenvalue weighted by Crippen LogP contribution is 2.39. The van der Waals surface area contributed by atoms with Crippen LogP contribution in [0.1, 0.15) is 59.3 Å². The number of hydrogen-bond donors (Lipinski definition) is 1. The molecule has 1 amide bonds. The van der Waals surface area contributed by atoms with Gasteiger partial charge in [-0.3, -0.25) is 14.5 Å². The summed E-state index contributed by atoms with van der Waals surface area (Å²) >= 11 is 0. The van der Waals surface area contributed by atoms with Crippen LogP contribution in [0.2, 0.25) is 0 Å². The first-order valence-electron chi connectivity index (χ1n) is 9.05. The lowest BCUT2D eigenvalue weighted by atomic mass is 9.85. The normalized spacial score (nSPS) is 29.3. The number of fused-ring (bicyclic) bond motifs is 1. The van der Waals surface area contributed by atoms with Crippen molar-refractivity contribution in [1.29, 1.82) is 0 Å². The molecule has 23 heavy (non-hydrogen) atoms. The van der Waals surface area contributed by atoms with E-state index < -0.39 is 12.0 Å². The number of amides is 1. The van der Waals surface area contributed by atoms with Crippen LogP contribution < -0.4 is 0 Å². The Hall–Kier alpha value is -1.10. The van der Waals surface area contributed by atoms with Crippen LogP contribution in [0.25, 0.3) is 0 Å². The van der Waals surface area contributed by atoms with E-state index in [1.54, 1.807) is 4.90 Å². The number of carboxylic acids is 1. The van der Waals surface area contributed by atoms with Crippen molar-refractivity contribution in [2.45, 2.75) is 77.4 Å². The number of carbonyl (C=O) groups excluding carboxylic acids is 1. The van der Waals surface area contributed by atoms with E-state index in [1.807, 2.05) is 11.9 Å². The molecule has 4 unspecified atom stereocenters. The van der Waals surface area contributed by atoms with Gasteiger partial charge in [0.05, 0.1) is 6.54 Å². The van der Waals surface area contributed by atoms with Crippen LogP contribution in [0.3, 0.4) is 0 Å². The molecule has 1 heterocycles. The molecule has 1 aliphatic heterocycles. The molecule has 132 valence electrons. The lowest BCUT2D eigenvalue weighted by Crippen LogP contribution is -2.49. The van der Waals surface area contributed by atoms with E-state index >= 15 is 0 Å². The minimum Gasteiger partial charge on any atom is -0.480 e. The quantitative estimate of drug-likeness (QED) is 0.816. The van der Waals surface area contributed by atoms with Crippen molar-refractivity contribution < 1.29 is 14.7 Å². The van der Waals surface area contributed by atoms with E-state index in [1.165, 1.54) is 6.42 Å². The Morgan fingerprint density at radius 3 is 2.48 bits per heavy atom. The number of likely N-dealkylation sites (tertiary alicyclic amines) is 1. The number of aliphatic carboxylic acids is 1. The second kappa shape index (κ2) is 7.65. The molecular weight excluding hydrogens is 292 g/mol. The highest BCUT2D eigenvalue weighted by Gasteiger charge is 2.46. The van der Waals surface area contributed by atoms with E-state index in [0.29, 0.717) is 18.3 Å². The predicted molar refractivity (Wildman–Crippen MR) is 90.2 cm³/mol. The summed E-state index contributed by atoms with van der Waals surface area (Å²) in [5, 5.41) is 9.54. The van der Waals surface area contributed by atoms with Crippen molar-refractivity contribution >= 4 is 11.9 Å². The first-order valence-corrected chi connectivity index (χ1v) is 9.05. The second-order valence-corrected chi connectivity index (χ2v) is 7.86. The van der Waals surface area contributed by atoms with E-state index in [4.69, 9.17) is 0 Å². The minimum atomic E-state index is -0.773. The van der Waals surface area contributed by atoms with Crippen LogP contribution in [0.5, 0.6) is 0 Å². The SMILES string of the molecule is CC(C)CC(C)N(C)C(=O)CN1C(C(=O)O)CC2CCCCC21. The Morgan fingerprint density at radius 2 is 1.87 bits per heavy atom. The van der Waals surface area contributed by atoms with Crippen LogP contribution in [-0.4, -0.2) is 58.5 Å². The topological polar surface area (TPSA) is 60.9 Å². The molecule has 2 fully saturated rings. The van der Waals surface area contributed by atoms with E-state index in [9.17, 15) is 14.7 Å². The first-order chi connectivity index (χ1) is 10.8. The first kappa shape index (κ1) is 18.2. The smallest absolute Gasteiger partial charge is 0.320 e. The Balaban J connectivity index is 2.03. The van der Waals surface area contributed by atoms with Crippen molar-refractivity contribution in [3.63, 3.8) is 0 Å². The molecule has 4 atom stereocenters. The van der Waals surface area contributed by atoms with Gasteiger partial charge in [0.15, 0.2) is 0 Å². The molecule has 0 spiro atoms. The summed E-state index contributed by atoms with van der Waals surface area (Å²) < 4.78 is 0. The van der Waals surface area contributed by atoms with Crippen LogP contribution in [0, 0.1) is 11.8 Å². The monoisotopic (exact) mass is 324 g/mol. The molecule has 2 aliphatic rings. The molecular formula is C18H32N2O3. The van der Waals surface area contributed by atoms with Gasteiger partial charge in [0, 0.05) is 19.1 Å². The van der Waals surface area contributed by atoms with Gasteiger partial charge in [0.25, 0.3) is 0 Å². The van der Waals surface area contributed by atoms with Crippen molar-refractivity contribution in [3.05, 3.63) is 0 Å². The molecule has 5 nitrogen and oxygen atoms in total. The standard InChI is InChI=1S/C18H32N2O3/c1-12(2)9-13(3)19(4)17(21)11-20-15-8-6-5-7-14(15)10-16(20)18(22)23/h12-16H,5-11H2,1-4H3,(H,22,23). The maximum Gasteiger partial charge on any atom is 0.320 e. The molecule has 5 heteroatoms. The summed E-state index contributed by atoms with van der Waals surface area (Å²) in [6, 6.07) is -0.0148. The van der Waals surface area contributed by atoms with E-state index in [2.05, 4.69) is 20.8 Å². The third-order valence-electron chi connectivity index (χ3n) is 5.69. The molecule has 2 rings (SSSR count). The summed E-state index contributed by atoms with van der Waals surface area (Å²) in [5.74, 6) is 0.276. The third-order valence-corrected chi connectivity index (χ3v) is 5.69. The third kappa shape index (κ3) is 4.25. The van der Waals surface area contributed by atoms with Crippen LogP contribution >= 0.6 is 0 Å². The molecule has 1 aliphatic carbocycles. The van der Waals surface area contributed by atoms with Gasteiger partial charge in [-0.2, -0.15) is 0 Å². The van der Waals surface area contributed by atoms with Crippen molar-refractivity contribution in [3.8, 4) is 0 Å². The van der Waals surface area contributed by atoms with Gasteiger partial charge in [0.1, 0.15) is 6.04 Å². The van der Waals surface area contributed by atoms with Gasteiger partial charge in [-0.05, 0) is 44.4 Å². The zero-order chi connectivity index (χ0) is 17.1. The highest BCUT2D eigenvalue weighted by molar-refractivity contribution is 5.80. The lowest BCUT2D eigenvalue weighted by Gasteiger charge is -2.34. The summed E-state index contributed by atoms with van der Waals surface area (Å²) in [4.78, 5) is 28.1. The fraction of sp³-hybridized carbons (Fsp3) is 0.889. The predicted octanol–water partition coefficient (Wildman–Crippen LogP) is 2.60. The molecule has 1 saturated carbocycles. The van der Waals surface area contributed by atoms with Crippen LogP contribution in [0.4, 0.5) is 0 Å². The number of carbonyl (C=O) groups is 2. The maximum atomic E-state index is 12.7. The van der Waals surface area contributed by atoms with Crippen molar-refractivity contribution in [1.82, 2.24) is 9.80 Å². The van der Waals surface area contributed by atoms with Crippen LogP contribution in [-0.2, 0) is 9.59 Å². The van der Waals surface area contributed by atoms with Crippen molar-refractivity contribution in [2.24, 2.45) is 11.8 Å². The number of nitrogens with zero attached hydrogens (tertiary/aromatic N) is 2. The summed E-state index contributed by atoms with van der Waals surface area (Å²) in [7, 11) is 1.85. The number of rotatable bonds is 6. The Morgan fingerprint density at radius 1 is 1.22 bits per heavy atom. The molecule has 1 N–H and O–H groups in total. The van der Waals surface area contributed by atoms with Crippen molar-refractivity contribution in [2.75, 3.05) is 13.6 Å². The number of carboxylic acid groups (broad SMARTS) is 1. The molecule has 0 aromatic heterocycles. The largest absolute Gasteiger partial charge is 0.480 e. The zero-order valence-corrected chi connectivity index (χ0v) is 15.0. The van der Waals surface area contributed by atoms with Gasteiger partial charge < -0.3 is 10.0 Å². The van der Waals surface area contributed by atoms with Gasteiger partial charge in [-0.1, -0.05) is 26.7 Å². The number of likely N-dealkylation sites (N-methyl/N-ethyl adjacent to an activating group) is 1. The minimum absolute atomic E-state index is 0.0515. The molecule has 1 saturated heterocycles. The maximum absolute atomic E-state index is 12.7. The van der Waals surface area contributed by atoms with E-state index in [0.717, 1.165) is 25.7 Å². The van der Waals surface area contributed by atoms with Gasteiger partial charge in [0.2, 0.25) is 5.91 Å². The summed E-state index contributed by atoms with van der Waals surface area (Å²) in [5.41, 5.74) is 0. The average Bonchev–Trinajstić information content (AvgIpc) is 2.85. The average molecular weight is 324 g/mol.